The van der Waals surface area contributed by atoms with Crippen LogP contribution in [0.1, 0.15) is 76.8 Å². The van der Waals surface area contributed by atoms with Gasteiger partial charge in [-0.25, -0.2) is 13.9 Å². The van der Waals surface area contributed by atoms with Gasteiger partial charge < -0.3 is 24.4 Å². The SMILES string of the molecule is C=C(C)[C@@H]1CCC(C)=C[C@H]1c1c(O)cc(CCCCC)cc1OC(=O)C(OCC)OP(=O)(O)O. The highest BCUT2D eigenvalue weighted by atomic mass is 31.2. The van der Waals surface area contributed by atoms with Crippen molar-refractivity contribution in [3.8, 4) is 11.5 Å². The van der Waals surface area contributed by atoms with E-state index >= 15 is 0 Å². The number of carbonyl (C=O) groups is 1. The number of aromatic hydroxyl groups is 1. The number of aryl methyl sites for hydroxylation is 1. The Hall–Kier alpha value is -1.96. The molecule has 1 aromatic rings. The quantitative estimate of drug-likeness (QED) is 0.0864. The maximum Gasteiger partial charge on any atom is 0.472 e. The van der Waals surface area contributed by atoms with E-state index < -0.39 is 20.1 Å². The molecule has 0 bridgehead atoms. The van der Waals surface area contributed by atoms with Crippen molar-refractivity contribution < 1.29 is 38.3 Å². The largest absolute Gasteiger partial charge is 0.507 e. The molecule has 34 heavy (non-hydrogen) atoms. The van der Waals surface area contributed by atoms with Crippen molar-refractivity contribution in [2.24, 2.45) is 5.92 Å². The number of phenolic OH excluding ortho intramolecular Hbond substituents is 1. The Kier molecular flexibility index (Phi) is 10.5. The molecule has 0 amide bonds. The van der Waals surface area contributed by atoms with Crippen LogP contribution in [-0.4, -0.2) is 33.8 Å². The van der Waals surface area contributed by atoms with Crippen molar-refractivity contribution in [3.05, 3.63) is 47.1 Å². The summed E-state index contributed by atoms with van der Waals surface area (Å²) in [6.07, 6.45) is 5.53. The molecule has 0 aliphatic heterocycles. The topological polar surface area (TPSA) is 123 Å². The molecule has 1 aliphatic carbocycles. The van der Waals surface area contributed by atoms with Crippen LogP contribution in [-0.2, 0) is 25.0 Å². The molecular formula is C25H37O8P. The molecule has 1 unspecified atom stereocenters. The third-order valence-corrected chi connectivity index (χ3v) is 6.38. The van der Waals surface area contributed by atoms with E-state index in [0.717, 1.165) is 48.8 Å². The van der Waals surface area contributed by atoms with Crippen molar-refractivity contribution in [3.63, 3.8) is 0 Å². The Labute approximate surface area is 201 Å². The zero-order valence-corrected chi connectivity index (χ0v) is 21.3. The van der Waals surface area contributed by atoms with Crippen LogP contribution in [0.2, 0.25) is 0 Å². The van der Waals surface area contributed by atoms with Crippen LogP contribution in [0, 0.1) is 5.92 Å². The summed E-state index contributed by atoms with van der Waals surface area (Å²) in [6, 6.07) is 3.40. The smallest absolute Gasteiger partial charge is 0.472 e. The van der Waals surface area contributed by atoms with Gasteiger partial charge >= 0.3 is 13.8 Å². The molecule has 0 saturated carbocycles. The molecule has 8 nitrogen and oxygen atoms in total. The molecule has 0 aromatic heterocycles. The van der Waals surface area contributed by atoms with Crippen molar-refractivity contribution in [2.45, 2.75) is 78.4 Å². The normalized spacial score (nSPS) is 19.4. The van der Waals surface area contributed by atoms with E-state index in [1.165, 1.54) is 0 Å². The molecule has 0 heterocycles. The van der Waals surface area contributed by atoms with E-state index in [9.17, 15) is 14.5 Å². The number of carbonyl (C=O) groups excluding carboxylic acids is 1. The third-order valence-electron chi connectivity index (χ3n) is 5.92. The summed E-state index contributed by atoms with van der Waals surface area (Å²) < 4.78 is 26.5. The summed E-state index contributed by atoms with van der Waals surface area (Å²) in [4.78, 5) is 31.2. The highest BCUT2D eigenvalue weighted by Gasteiger charge is 2.34. The number of phosphoric acid groups is 1. The monoisotopic (exact) mass is 496 g/mol. The molecule has 3 atom stereocenters. The summed E-state index contributed by atoms with van der Waals surface area (Å²) in [7, 11) is -5.01. The zero-order chi connectivity index (χ0) is 25.5. The predicted molar refractivity (Wildman–Crippen MR) is 130 cm³/mol. The van der Waals surface area contributed by atoms with Gasteiger partial charge in [-0.2, -0.15) is 0 Å². The highest BCUT2D eigenvalue weighted by Crippen LogP contribution is 2.47. The van der Waals surface area contributed by atoms with Gasteiger partial charge in [0.05, 0.1) is 0 Å². The number of hydrogen-bond donors (Lipinski definition) is 3. The molecular weight excluding hydrogens is 459 g/mol. The number of esters is 1. The van der Waals surface area contributed by atoms with Gasteiger partial charge in [0.1, 0.15) is 11.5 Å². The average Bonchev–Trinajstić information content (AvgIpc) is 2.72. The molecule has 0 fully saturated rings. The molecule has 190 valence electrons. The van der Waals surface area contributed by atoms with Crippen LogP contribution < -0.4 is 4.74 Å². The van der Waals surface area contributed by atoms with Gasteiger partial charge in [-0.15, -0.1) is 0 Å². The number of phosphoric ester groups is 1. The number of ether oxygens (including phenoxy) is 2. The highest BCUT2D eigenvalue weighted by molar-refractivity contribution is 7.46. The van der Waals surface area contributed by atoms with Crippen molar-refractivity contribution in [2.75, 3.05) is 6.61 Å². The van der Waals surface area contributed by atoms with E-state index in [0.29, 0.717) is 12.0 Å². The minimum Gasteiger partial charge on any atom is -0.507 e. The number of benzene rings is 1. The summed E-state index contributed by atoms with van der Waals surface area (Å²) in [6.45, 7) is 11.7. The maximum absolute atomic E-state index is 12.8. The molecule has 3 N–H and O–H groups in total. The van der Waals surface area contributed by atoms with E-state index in [1.54, 1.807) is 19.1 Å². The van der Waals surface area contributed by atoms with Gasteiger partial charge in [-0.1, -0.05) is 43.6 Å². The Morgan fingerprint density at radius 2 is 1.97 bits per heavy atom. The van der Waals surface area contributed by atoms with E-state index in [-0.39, 0.29) is 29.9 Å². The fraction of sp³-hybridized carbons (Fsp3) is 0.560. The predicted octanol–water partition coefficient (Wildman–Crippen LogP) is 5.52. The standard InChI is InChI=1S/C25H37O8P/c1-6-8-9-10-18-14-21(26)23(20-13-17(5)11-12-19(20)16(3)4)22(15-18)32-24(27)25(31-7-2)33-34(28,29)30/h13-15,19-20,25-26H,3,6-12H2,1-2,4-5H3,(H2,28,29,30)/t19-,20+,25?/m0/s1. The first-order valence-corrected chi connectivity index (χ1v) is 13.3. The van der Waals surface area contributed by atoms with Crippen LogP contribution in [0.3, 0.4) is 0 Å². The lowest BCUT2D eigenvalue weighted by atomic mass is 9.73. The first kappa shape index (κ1) is 28.3. The number of allylic oxidation sites excluding steroid dienone is 3. The van der Waals surface area contributed by atoms with Gasteiger partial charge in [0.15, 0.2) is 0 Å². The Balaban J connectivity index is 2.53. The van der Waals surface area contributed by atoms with Gasteiger partial charge in [0.25, 0.3) is 6.29 Å². The molecule has 1 aliphatic rings. The average molecular weight is 497 g/mol. The molecule has 0 radical (unpaired) electrons. The molecule has 0 saturated heterocycles. The summed E-state index contributed by atoms with van der Waals surface area (Å²) in [5, 5.41) is 11.1. The van der Waals surface area contributed by atoms with Crippen molar-refractivity contribution in [1.82, 2.24) is 0 Å². The Bertz CT molecular complexity index is 948. The molecule has 1 aromatic carbocycles. The van der Waals surface area contributed by atoms with Crippen molar-refractivity contribution in [1.29, 1.82) is 0 Å². The Morgan fingerprint density at radius 3 is 2.56 bits per heavy atom. The minimum absolute atomic E-state index is 0.00265. The second-order valence-electron chi connectivity index (χ2n) is 8.82. The van der Waals surface area contributed by atoms with Crippen LogP contribution in [0.4, 0.5) is 0 Å². The second-order valence-corrected chi connectivity index (χ2v) is 10.0. The summed E-state index contributed by atoms with van der Waals surface area (Å²) >= 11 is 0. The fourth-order valence-corrected chi connectivity index (χ4v) is 4.69. The number of rotatable bonds is 12. The number of unbranched alkanes of at least 4 members (excludes halogenated alkanes) is 2. The van der Waals surface area contributed by atoms with Gasteiger partial charge in [-0.05, 0) is 70.1 Å². The zero-order valence-electron chi connectivity index (χ0n) is 20.5. The second kappa shape index (κ2) is 12.7. The Morgan fingerprint density at radius 1 is 1.26 bits per heavy atom. The molecule has 0 spiro atoms. The van der Waals surface area contributed by atoms with Crippen molar-refractivity contribution >= 4 is 13.8 Å². The number of hydrogen-bond acceptors (Lipinski definition) is 6. The molecule has 9 heteroatoms. The minimum atomic E-state index is -5.01. The molecule has 2 rings (SSSR count). The third kappa shape index (κ3) is 8.07. The lowest BCUT2D eigenvalue weighted by molar-refractivity contribution is -0.169. The summed E-state index contributed by atoms with van der Waals surface area (Å²) in [5.74, 6) is -1.22. The maximum atomic E-state index is 12.8. The first-order chi connectivity index (χ1) is 16.0. The van der Waals surface area contributed by atoms with E-state index in [2.05, 4.69) is 24.1 Å². The number of phenols is 1. The van der Waals surface area contributed by atoms with Gasteiger partial charge in [-0.3, -0.25) is 0 Å². The van der Waals surface area contributed by atoms with E-state index in [1.807, 2.05) is 13.8 Å². The van der Waals surface area contributed by atoms with Crippen LogP contribution in [0.25, 0.3) is 0 Å². The van der Waals surface area contributed by atoms with Crippen LogP contribution in [0.15, 0.2) is 35.9 Å². The van der Waals surface area contributed by atoms with Gasteiger partial charge in [0, 0.05) is 18.1 Å². The summed E-state index contributed by atoms with van der Waals surface area (Å²) in [5.41, 5.74) is 3.34. The lowest BCUT2D eigenvalue weighted by Crippen LogP contribution is -2.31. The van der Waals surface area contributed by atoms with Crippen LogP contribution >= 0.6 is 7.82 Å². The first-order valence-electron chi connectivity index (χ1n) is 11.7. The fourth-order valence-electron chi connectivity index (χ4n) is 4.29. The van der Waals surface area contributed by atoms with E-state index in [4.69, 9.17) is 19.3 Å². The lowest BCUT2D eigenvalue weighted by Gasteiger charge is -2.32. The van der Waals surface area contributed by atoms with Crippen LogP contribution in [0.5, 0.6) is 11.5 Å². The van der Waals surface area contributed by atoms with Gasteiger partial charge in [0.2, 0.25) is 0 Å².